The number of aromatic nitrogens is 2. The van der Waals surface area contributed by atoms with E-state index in [1.54, 1.807) is 0 Å². The molecule has 8 nitrogen and oxygen atoms in total. The fourth-order valence-corrected chi connectivity index (χ4v) is 19.2. The summed E-state index contributed by atoms with van der Waals surface area (Å²) >= 11 is 0. The number of fused-ring (bicyclic) bond motifs is 11. The van der Waals surface area contributed by atoms with Crippen LogP contribution in [0.5, 0.6) is 0 Å². The van der Waals surface area contributed by atoms with Crippen molar-refractivity contribution in [2.75, 3.05) is 0 Å². The number of allylic oxidation sites excluding steroid dienone is 3. The van der Waals surface area contributed by atoms with E-state index in [4.69, 9.17) is 18.8 Å². The molecule has 0 amide bonds. The molecule has 0 bridgehead atoms. The Morgan fingerprint density at radius 3 is 1.75 bits per heavy atom. The highest BCUT2D eigenvalue weighted by Gasteiger charge is 2.68. The Kier molecular flexibility index (Phi) is 13.4. The third kappa shape index (κ3) is 8.44. The van der Waals surface area contributed by atoms with Gasteiger partial charge in [0.15, 0.2) is 28.2 Å². The molecule has 10 heteroatoms. The lowest BCUT2D eigenvalue weighted by Gasteiger charge is -2.66. The van der Waals surface area contributed by atoms with Crippen molar-refractivity contribution in [1.29, 1.82) is 0 Å². The van der Waals surface area contributed by atoms with E-state index in [1.807, 2.05) is 36.5 Å². The fraction of sp³-hybridized carbons (Fsp3) is 0.721. The predicted octanol–water partition coefficient (Wildman–Crippen LogP) is 13.8. The van der Waals surface area contributed by atoms with Crippen LogP contribution in [0.2, 0.25) is 36.3 Å². The van der Waals surface area contributed by atoms with E-state index in [9.17, 15) is 20.1 Å². The molecule has 10 rings (SSSR count). The third-order valence-corrected chi connectivity index (χ3v) is 32.1. The molecule has 7 saturated carbocycles. The fourth-order valence-electron chi connectivity index (χ4n) is 16.5. The van der Waals surface area contributed by atoms with E-state index >= 15 is 0 Å². The molecule has 1 aromatic carbocycles. The van der Waals surface area contributed by atoms with Crippen molar-refractivity contribution >= 4 is 22.4 Å². The van der Waals surface area contributed by atoms with Gasteiger partial charge in [-0.2, -0.15) is 0 Å². The van der Waals surface area contributed by atoms with Crippen molar-refractivity contribution < 1.29 is 29.0 Å². The van der Waals surface area contributed by atoms with Gasteiger partial charge in [-0.15, -0.1) is 0 Å². The minimum Gasteiger partial charge on any atom is -0.515 e. The summed E-state index contributed by atoms with van der Waals surface area (Å²) < 4.78 is 15.1. The first-order chi connectivity index (χ1) is 32.9. The van der Waals surface area contributed by atoms with Crippen molar-refractivity contribution in [1.82, 2.24) is 9.97 Å². The summed E-state index contributed by atoms with van der Waals surface area (Å²) in [6, 6.07) is 10.1. The largest absolute Gasteiger partial charge is 0.515 e. The average Bonchev–Trinajstić information content (AvgIpc) is 3.78. The Morgan fingerprint density at radius 1 is 0.676 bits per heavy atom. The molecule has 71 heavy (non-hydrogen) atoms. The van der Waals surface area contributed by atoms with Crippen molar-refractivity contribution in [2.45, 2.75) is 207 Å². The minimum absolute atomic E-state index is 0.0222. The molecule has 0 spiro atoms. The van der Waals surface area contributed by atoms with Gasteiger partial charge in [0.05, 0.1) is 30.7 Å². The van der Waals surface area contributed by atoms with Crippen LogP contribution in [-0.2, 0) is 26.5 Å². The number of benzene rings is 1. The first kappa shape index (κ1) is 53.1. The molecule has 0 radical (unpaired) electrons. The highest BCUT2D eigenvalue weighted by Crippen LogP contribution is 2.70. The number of rotatable bonds is 5. The quantitative estimate of drug-likeness (QED) is 0.117. The van der Waals surface area contributed by atoms with Gasteiger partial charge in [0.1, 0.15) is 0 Å². The normalized spacial score (nSPS) is 41.6. The lowest BCUT2D eigenvalue weighted by atomic mass is 9.43. The van der Waals surface area contributed by atoms with Crippen LogP contribution in [0.4, 0.5) is 0 Å². The highest BCUT2D eigenvalue weighted by atomic mass is 28.4. The number of aliphatic hydroxyl groups excluding tert-OH is 3. The number of nitrogens with zero attached hydrogens (tertiary/aromatic N) is 2. The van der Waals surface area contributed by atoms with Crippen LogP contribution in [0.15, 0.2) is 72.7 Å². The van der Waals surface area contributed by atoms with Crippen LogP contribution in [0.25, 0.3) is 11.4 Å². The zero-order valence-corrected chi connectivity index (χ0v) is 48.3. The number of aliphatic hydroxyl groups is 3. The van der Waals surface area contributed by atoms with Gasteiger partial charge in [0.25, 0.3) is 0 Å². The van der Waals surface area contributed by atoms with Gasteiger partial charge >= 0.3 is 0 Å². The molecule has 3 N–H and O–H groups in total. The first-order valence-corrected chi connectivity index (χ1v) is 33.6. The Labute approximate surface area is 430 Å². The van der Waals surface area contributed by atoms with E-state index in [2.05, 4.69) is 109 Å². The summed E-state index contributed by atoms with van der Waals surface area (Å²) in [6.07, 6.45) is 13.3. The summed E-state index contributed by atoms with van der Waals surface area (Å²) in [7, 11) is -4.35. The van der Waals surface area contributed by atoms with Gasteiger partial charge in [-0.25, -0.2) is 9.97 Å². The first-order valence-electron chi connectivity index (χ1n) is 27.8. The molecule has 7 fully saturated rings. The maximum Gasteiger partial charge on any atom is 0.192 e. The van der Waals surface area contributed by atoms with Crippen LogP contribution in [0, 0.1) is 69.0 Å². The second-order valence-corrected chi connectivity index (χ2v) is 38.1. The van der Waals surface area contributed by atoms with Gasteiger partial charge < -0.3 is 24.2 Å². The molecule has 8 aliphatic carbocycles. The van der Waals surface area contributed by atoms with Crippen molar-refractivity contribution in [3.63, 3.8) is 0 Å². The van der Waals surface area contributed by atoms with Crippen LogP contribution in [-0.4, -0.2) is 72.1 Å². The number of carbonyl (C=O) groups excluding carboxylic acids is 1. The summed E-state index contributed by atoms with van der Waals surface area (Å²) in [5, 5.41) is 33.1. The van der Waals surface area contributed by atoms with Crippen molar-refractivity contribution in [3.8, 4) is 11.4 Å². The molecule has 0 aliphatic heterocycles. The summed E-state index contributed by atoms with van der Waals surface area (Å²) in [5.41, 5.74) is 6.75. The van der Waals surface area contributed by atoms with Crippen molar-refractivity contribution in [3.05, 3.63) is 83.9 Å². The van der Waals surface area contributed by atoms with Gasteiger partial charge in [-0.05, 0) is 181 Å². The standard InChI is InChI=1S/C33H58O4Si2.C28H34N2O2/c1-21-14-15-23-27-24(16-17-32(21,23)8)33(9)19-22(20-34)26(35)18-25(33)28(36-38(10,11)30(2,3)4)29(27)37-39(12,13)31(5,6)7;1-16-9-10-19-23-20(11-12-27(16,19)2)28(3)14-18-15-29-26(17-7-5-4-6-8-17)30-22(18)13-21(28)24(31)25(23)32/h20,23-25,27-29,34H,1,14-19H2,2-13H3;4-8,15,19-21,23-25,31-32H,1,9-14H2,2-3H3/b22-20+;/t23?,24?,25?,27?,28-,29?,32-,33-;19?,20?,21?,23?,24-,25-,27-,28-/m11/s1. The Balaban J connectivity index is 0.000000179. The molecular weight excluding hydrogens is 913 g/mol. The number of hydrogen-bond acceptors (Lipinski definition) is 8. The number of carbonyl (C=O) groups is 1. The van der Waals surface area contributed by atoms with Crippen molar-refractivity contribution in [2.24, 2.45) is 69.0 Å². The molecule has 8 aliphatic rings. The van der Waals surface area contributed by atoms with E-state index in [1.165, 1.54) is 23.1 Å². The molecule has 1 heterocycles. The zero-order chi connectivity index (χ0) is 51.8. The smallest absolute Gasteiger partial charge is 0.192 e. The van der Waals surface area contributed by atoms with Crippen LogP contribution >= 0.6 is 0 Å². The Morgan fingerprint density at radius 2 is 1.20 bits per heavy atom. The molecule has 1 aromatic heterocycles. The lowest BCUT2D eigenvalue weighted by Crippen LogP contribution is -2.68. The zero-order valence-electron chi connectivity index (χ0n) is 46.3. The SMILES string of the molecule is C=C1CCC2C3C(CC[C@]12C)[C@@]1(C)Cc2cnc(-c4ccccc4)nc2CC1[C@@H](O)[C@@H]3O.C=C1CCC2C3C(O[Si](C)(C)C(C)(C)C)[C@H](O[Si](C)(C)C(C)(C)C)C4CC(=O)/C(=C/O)C[C@]4(C)C3CC[C@]12C. The number of hydrogen-bond donors (Lipinski definition) is 3. The van der Waals surface area contributed by atoms with Gasteiger partial charge in [-0.1, -0.05) is 124 Å². The highest BCUT2D eigenvalue weighted by molar-refractivity contribution is 6.74. The van der Waals surface area contributed by atoms with E-state index in [-0.39, 0.29) is 67.5 Å². The van der Waals surface area contributed by atoms with E-state index in [0.29, 0.717) is 54.4 Å². The van der Waals surface area contributed by atoms with Gasteiger partial charge in [-0.3, -0.25) is 4.79 Å². The monoisotopic (exact) mass is 1000 g/mol. The Bertz CT molecular complexity index is 2440. The molecule has 16 atom stereocenters. The van der Waals surface area contributed by atoms with Crippen LogP contribution in [0.1, 0.15) is 145 Å². The second kappa shape index (κ2) is 18.0. The summed E-state index contributed by atoms with van der Waals surface area (Å²) in [5.74, 6) is 3.25. The number of Topliss-reactive ketones (excluding diaryl/α,β-unsaturated/α-hetero) is 1. The van der Waals surface area contributed by atoms with E-state index in [0.717, 1.165) is 74.7 Å². The van der Waals surface area contributed by atoms with E-state index < -0.39 is 28.8 Å². The predicted molar refractivity (Wildman–Crippen MR) is 292 cm³/mol. The molecule has 2 aromatic rings. The van der Waals surface area contributed by atoms with Gasteiger partial charge in [0.2, 0.25) is 0 Å². The van der Waals surface area contributed by atoms with Crippen LogP contribution < -0.4 is 0 Å². The lowest BCUT2D eigenvalue weighted by molar-refractivity contribution is -0.201. The second-order valence-electron chi connectivity index (χ2n) is 28.5. The molecule has 9 unspecified atom stereocenters. The maximum atomic E-state index is 13.4. The molecule has 390 valence electrons. The Hall–Kier alpha value is -2.74. The number of ketones is 1. The topological polar surface area (TPSA) is 122 Å². The third-order valence-electron chi connectivity index (χ3n) is 23.2. The van der Waals surface area contributed by atoms with Gasteiger partial charge in [0, 0.05) is 29.4 Å². The van der Waals surface area contributed by atoms with Crippen LogP contribution in [0.3, 0.4) is 0 Å². The maximum absolute atomic E-state index is 13.4. The summed E-state index contributed by atoms with van der Waals surface area (Å²) in [4.78, 5) is 23.0. The molecular formula is C61H92N2O6Si2. The minimum atomic E-state index is -2.19. The summed E-state index contributed by atoms with van der Waals surface area (Å²) in [6.45, 7) is 42.0. The molecule has 0 saturated heterocycles. The average molecular weight is 1010 g/mol.